The molecule has 1 aliphatic rings. The van der Waals surface area contributed by atoms with Crippen molar-refractivity contribution in [2.75, 3.05) is 0 Å². The van der Waals surface area contributed by atoms with Gasteiger partial charge in [0.05, 0.1) is 5.25 Å². The molecule has 1 saturated carbocycles. The summed E-state index contributed by atoms with van der Waals surface area (Å²) in [7, 11) is 0. The van der Waals surface area contributed by atoms with Crippen molar-refractivity contribution in [3.8, 4) is 11.4 Å². The summed E-state index contributed by atoms with van der Waals surface area (Å²) in [5, 5.41) is 10.7. The first kappa shape index (κ1) is 15.5. The molecule has 0 aromatic carbocycles. The molecular formula is C14H16N6O2S. The van der Waals surface area contributed by atoms with E-state index in [1.807, 2.05) is 16.7 Å². The third kappa shape index (κ3) is 3.50. The number of nitrogens with zero attached hydrogens (tertiary/aromatic N) is 4. The van der Waals surface area contributed by atoms with Crippen LogP contribution < -0.4 is 11.1 Å². The molecule has 0 saturated heterocycles. The van der Waals surface area contributed by atoms with Gasteiger partial charge in [0, 0.05) is 24.0 Å². The van der Waals surface area contributed by atoms with Crippen LogP contribution >= 0.6 is 11.8 Å². The van der Waals surface area contributed by atoms with E-state index in [1.54, 1.807) is 19.3 Å². The van der Waals surface area contributed by atoms with Gasteiger partial charge in [-0.25, -0.2) is 4.79 Å². The molecule has 3 amide bonds. The van der Waals surface area contributed by atoms with Crippen LogP contribution in [0.5, 0.6) is 0 Å². The molecule has 0 aliphatic heterocycles. The summed E-state index contributed by atoms with van der Waals surface area (Å²) in [6.45, 7) is 1.69. The number of primary amides is 1. The molecule has 0 spiro atoms. The number of urea groups is 1. The molecule has 2 heterocycles. The summed E-state index contributed by atoms with van der Waals surface area (Å²) in [5.74, 6) is 0.293. The van der Waals surface area contributed by atoms with Gasteiger partial charge in [-0.3, -0.25) is 19.7 Å². The van der Waals surface area contributed by atoms with Gasteiger partial charge in [0.1, 0.15) is 0 Å². The maximum absolute atomic E-state index is 11.8. The number of carbonyl (C=O) groups is 2. The molecule has 23 heavy (non-hydrogen) atoms. The maximum Gasteiger partial charge on any atom is 0.318 e. The molecule has 2 aromatic heterocycles. The van der Waals surface area contributed by atoms with Gasteiger partial charge in [-0.1, -0.05) is 11.8 Å². The average Bonchev–Trinajstić information content (AvgIpc) is 3.28. The van der Waals surface area contributed by atoms with Crippen LogP contribution in [0.4, 0.5) is 4.79 Å². The standard InChI is InChI=1S/C14H16N6O2S/c1-8(12(21)17-13(15)22)23-14-19-18-11(20(14)10-4-5-10)9-3-2-6-16-7-9/h2-3,6-8,10H,4-5H2,1H3,(H3,15,17,21,22)/t8-/m0/s1. The lowest BCUT2D eigenvalue weighted by atomic mass is 10.3. The number of imide groups is 1. The van der Waals surface area contributed by atoms with E-state index >= 15 is 0 Å². The fourth-order valence-corrected chi connectivity index (χ4v) is 3.07. The molecule has 0 unspecified atom stereocenters. The van der Waals surface area contributed by atoms with Crippen molar-refractivity contribution in [1.29, 1.82) is 0 Å². The van der Waals surface area contributed by atoms with Crippen LogP contribution in [0.15, 0.2) is 29.7 Å². The highest BCUT2D eigenvalue weighted by atomic mass is 32.2. The van der Waals surface area contributed by atoms with Gasteiger partial charge in [-0.05, 0) is 31.9 Å². The fourth-order valence-electron chi connectivity index (χ4n) is 2.15. The third-order valence-electron chi connectivity index (χ3n) is 3.39. The summed E-state index contributed by atoms with van der Waals surface area (Å²) < 4.78 is 2.04. The number of aromatic nitrogens is 4. The Bertz CT molecular complexity index is 728. The van der Waals surface area contributed by atoms with E-state index < -0.39 is 17.2 Å². The zero-order chi connectivity index (χ0) is 16.4. The number of carbonyl (C=O) groups excluding carboxylic acids is 2. The van der Waals surface area contributed by atoms with Gasteiger partial charge in [-0.2, -0.15) is 0 Å². The van der Waals surface area contributed by atoms with Crippen LogP contribution in [0.2, 0.25) is 0 Å². The zero-order valence-corrected chi connectivity index (χ0v) is 13.3. The van der Waals surface area contributed by atoms with Gasteiger partial charge in [-0.15, -0.1) is 10.2 Å². The minimum absolute atomic E-state index is 0.342. The van der Waals surface area contributed by atoms with Crippen LogP contribution in [0.3, 0.4) is 0 Å². The molecule has 3 rings (SSSR count). The molecule has 120 valence electrons. The van der Waals surface area contributed by atoms with Crippen LogP contribution in [0.25, 0.3) is 11.4 Å². The van der Waals surface area contributed by atoms with E-state index in [0.29, 0.717) is 11.2 Å². The number of hydrogen-bond donors (Lipinski definition) is 2. The van der Waals surface area contributed by atoms with E-state index in [4.69, 9.17) is 5.73 Å². The molecule has 1 aliphatic carbocycles. The number of hydrogen-bond acceptors (Lipinski definition) is 6. The largest absolute Gasteiger partial charge is 0.351 e. The van der Waals surface area contributed by atoms with Gasteiger partial charge in [0.15, 0.2) is 11.0 Å². The second kappa shape index (κ2) is 6.37. The van der Waals surface area contributed by atoms with E-state index in [1.165, 1.54) is 11.8 Å². The van der Waals surface area contributed by atoms with Gasteiger partial charge >= 0.3 is 6.03 Å². The summed E-state index contributed by atoms with van der Waals surface area (Å²) >= 11 is 1.25. The highest BCUT2D eigenvalue weighted by molar-refractivity contribution is 8.00. The van der Waals surface area contributed by atoms with E-state index in [9.17, 15) is 9.59 Å². The van der Waals surface area contributed by atoms with Crippen LogP contribution in [0, 0.1) is 0 Å². The fraction of sp³-hybridized carbons (Fsp3) is 0.357. The SMILES string of the molecule is C[C@H](Sc1nnc(-c2cccnc2)n1C1CC1)C(=O)NC(N)=O. The van der Waals surface area contributed by atoms with Crippen molar-refractivity contribution < 1.29 is 9.59 Å². The number of nitrogens with one attached hydrogen (secondary N) is 1. The first-order chi connectivity index (χ1) is 11.1. The Balaban J connectivity index is 1.85. The minimum atomic E-state index is -0.859. The zero-order valence-electron chi connectivity index (χ0n) is 12.5. The summed E-state index contributed by atoms with van der Waals surface area (Å²) in [6, 6.07) is 3.25. The van der Waals surface area contributed by atoms with Crippen LogP contribution in [-0.4, -0.2) is 36.9 Å². The first-order valence-corrected chi connectivity index (χ1v) is 8.06. The number of amides is 3. The van der Waals surface area contributed by atoms with Crippen LogP contribution in [-0.2, 0) is 4.79 Å². The Morgan fingerprint density at radius 3 is 2.83 bits per heavy atom. The number of thioether (sulfide) groups is 1. The molecular weight excluding hydrogens is 316 g/mol. The lowest BCUT2D eigenvalue weighted by Crippen LogP contribution is -2.39. The Morgan fingerprint density at radius 2 is 2.22 bits per heavy atom. The topological polar surface area (TPSA) is 116 Å². The average molecular weight is 332 g/mol. The lowest BCUT2D eigenvalue weighted by Gasteiger charge is -2.12. The van der Waals surface area contributed by atoms with E-state index in [0.717, 1.165) is 24.2 Å². The molecule has 1 fully saturated rings. The monoisotopic (exact) mass is 332 g/mol. The molecule has 0 bridgehead atoms. The molecule has 0 radical (unpaired) electrons. The van der Waals surface area contributed by atoms with E-state index in [-0.39, 0.29) is 0 Å². The molecule has 1 atom stereocenters. The number of nitrogens with two attached hydrogens (primary N) is 1. The summed E-state index contributed by atoms with van der Waals surface area (Å²) in [6.07, 6.45) is 5.55. The van der Waals surface area contributed by atoms with Crippen molar-refractivity contribution in [3.05, 3.63) is 24.5 Å². The molecule has 8 nitrogen and oxygen atoms in total. The minimum Gasteiger partial charge on any atom is -0.351 e. The molecule has 3 N–H and O–H groups in total. The Kier molecular flexibility index (Phi) is 4.28. The maximum atomic E-state index is 11.8. The normalized spacial score (nSPS) is 15.2. The predicted molar refractivity (Wildman–Crippen MR) is 84.6 cm³/mol. The van der Waals surface area contributed by atoms with E-state index in [2.05, 4.69) is 20.5 Å². The second-order valence-electron chi connectivity index (χ2n) is 5.26. The Morgan fingerprint density at radius 1 is 1.43 bits per heavy atom. The van der Waals surface area contributed by atoms with Crippen molar-refractivity contribution in [2.24, 2.45) is 5.73 Å². The smallest absolute Gasteiger partial charge is 0.318 e. The molecule has 9 heteroatoms. The van der Waals surface area contributed by atoms with Crippen molar-refractivity contribution >= 4 is 23.7 Å². The molecule has 2 aromatic rings. The van der Waals surface area contributed by atoms with Crippen molar-refractivity contribution in [2.45, 2.75) is 36.2 Å². The first-order valence-electron chi connectivity index (χ1n) is 7.18. The second-order valence-corrected chi connectivity index (χ2v) is 6.57. The van der Waals surface area contributed by atoms with Crippen molar-refractivity contribution in [3.63, 3.8) is 0 Å². The lowest BCUT2D eigenvalue weighted by molar-refractivity contribution is -0.119. The summed E-state index contributed by atoms with van der Waals surface area (Å²) in [5.41, 5.74) is 5.85. The summed E-state index contributed by atoms with van der Waals surface area (Å²) in [4.78, 5) is 26.7. The quantitative estimate of drug-likeness (QED) is 0.798. The van der Waals surface area contributed by atoms with Crippen molar-refractivity contribution in [1.82, 2.24) is 25.1 Å². The van der Waals surface area contributed by atoms with Gasteiger partial charge < -0.3 is 5.73 Å². The highest BCUT2D eigenvalue weighted by Gasteiger charge is 2.31. The number of pyridine rings is 1. The number of rotatable bonds is 5. The van der Waals surface area contributed by atoms with Crippen LogP contribution in [0.1, 0.15) is 25.8 Å². The Hall–Kier alpha value is -2.42. The highest BCUT2D eigenvalue weighted by Crippen LogP contribution is 2.41. The third-order valence-corrected chi connectivity index (χ3v) is 4.45. The predicted octanol–water partition coefficient (Wildman–Crippen LogP) is 1.35. The van der Waals surface area contributed by atoms with Gasteiger partial charge in [0.2, 0.25) is 5.91 Å². The Labute approximate surface area is 136 Å². The van der Waals surface area contributed by atoms with Gasteiger partial charge in [0.25, 0.3) is 0 Å².